The largest absolute Gasteiger partial charge is 0.325 e. The minimum absolute atomic E-state index is 0.126. The third kappa shape index (κ3) is 3.56. The number of nitrogens with zero attached hydrogens (tertiary/aromatic N) is 2. The molecule has 0 unspecified atom stereocenters. The SMILES string of the molecule is Cc1ccc(N2C(=O)CS[C@]23C(=O)N(CC(=O)Nc2cc(C)cc(C)c2)c2ccccc23)cc1. The fourth-order valence-corrected chi connectivity index (χ4v) is 6.16. The predicted octanol–water partition coefficient (Wildman–Crippen LogP) is 4.53. The van der Waals surface area contributed by atoms with Gasteiger partial charge in [-0.3, -0.25) is 24.2 Å². The molecule has 172 valence electrons. The molecular weight excluding hydrogens is 446 g/mol. The normalized spacial score (nSPS) is 19.1. The second kappa shape index (κ2) is 8.33. The number of hydrogen-bond donors (Lipinski definition) is 1. The van der Waals surface area contributed by atoms with Crippen LogP contribution in [-0.4, -0.2) is 30.0 Å². The standard InChI is InChI=1S/C27H25N3O3S/c1-17-8-10-21(11-9-17)30-25(32)16-34-27(30)22-6-4-5-7-23(22)29(26(27)33)15-24(31)28-20-13-18(2)12-19(3)14-20/h4-14H,15-16H2,1-3H3,(H,28,31)/t27-/m1/s1. The molecule has 1 saturated heterocycles. The van der Waals surface area contributed by atoms with E-state index < -0.39 is 4.87 Å². The van der Waals surface area contributed by atoms with E-state index in [1.165, 1.54) is 16.7 Å². The van der Waals surface area contributed by atoms with Gasteiger partial charge in [0.1, 0.15) is 6.54 Å². The monoisotopic (exact) mass is 471 g/mol. The number of para-hydroxylation sites is 1. The Labute approximate surface area is 202 Å². The number of hydrogen-bond acceptors (Lipinski definition) is 4. The number of benzene rings is 3. The summed E-state index contributed by atoms with van der Waals surface area (Å²) in [5.74, 6) is -0.503. The number of carbonyl (C=O) groups excluding carboxylic acids is 3. The molecule has 0 bridgehead atoms. The number of nitrogens with one attached hydrogen (secondary N) is 1. The Bertz CT molecular complexity index is 1300. The highest BCUT2D eigenvalue weighted by molar-refractivity contribution is 8.02. The number of aryl methyl sites for hydroxylation is 3. The van der Waals surface area contributed by atoms with Gasteiger partial charge in [0, 0.05) is 16.9 Å². The van der Waals surface area contributed by atoms with Gasteiger partial charge in [0.25, 0.3) is 5.91 Å². The summed E-state index contributed by atoms with van der Waals surface area (Å²) in [6, 6.07) is 20.9. The summed E-state index contributed by atoms with van der Waals surface area (Å²) in [5.41, 5.74) is 5.92. The van der Waals surface area contributed by atoms with Crippen LogP contribution in [-0.2, 0) is 19.3 Å². The van der Waals surface area contributed by atoms with Crippen LogP contribution in [0.3, 0.4) is 0 Å². The molecule has 7 heteroatoms. The maximum atomic E-state index is 14.0. The number of amides is 3. The van der Waals surface area contributed by atoms with Gasteiger partial charge in [0.05, 0.1) is 11.4 Å². The maximum absolute atomic E-state index is 14.0. The minimum atomic E-state index is -1.22. The number of rotatable bonds is 4. The molecule has 5 rings (SSSR count). The molecule has 0 radical (unpaired) electrons. The molecule has 34 heavy (non-hydrogen) atoms. The van der Waals surface area contributed by atoms with Crippen molar-refractivity contribution in [2.45, 2.75) is 25.6 Å². The molecule has 0 aromatic heterocycles. The summed E-state index contributed by atoms with van der Waals surface area (Å²) in [4.78, 5) is 42.0. The summed E-state index contributed by atoms with van der Waals surface area (Å²) in [7, 11) is 0. The van der Waals surface area contributed by atoms with Crippen molar-refractivity contribution < 1.29 is 14.4 Å². The van der Waals surface area contributed by atoms with E-state index in [1.807, 2.05) is 87.5 Å². The first-order chi connectivity index (χ1) is 16.3. The molecule has 2 heterocycles. The molecule has 3 aromatic rings. The van der Waals surface area contributed by atoms with E-state index in [9.17, 15) is 14.4 Å². The third-order valence-electron chi connectivity index (χ3n) is 6.16. The minimum Gasteiger partial charge on any atom is -0.325 e. The predicted molar refractivity (Wildman–Crippen MR) is 136 cm³/mol. The molecule has 1 N–H and O–H groups in total. The van der Waals surface area contributed by atoms with Crippen LogP contribution < -0.4 is 15.1 Å². The average Bonchev–Trinajstić information content (AvgIpc) is 3.25. The van der Waals surface area contributed by atoms with Crippen molar-refractivity contribution in [2.24, 2.45) is 0 Å². The van der Waals surface area contributed by atoms with Gasteiger partial charge in [0.2, 0.25) is 16.7 Å². The quantitative estimate of drug-likeness (QED) is 0.607. The molecule has 0 saturated carbocycles. The third-order valence-corrected chi connectivity index (χ3v) is 7.55. The van der Waals surface area contributed by atoms with E-state index >= 15 is 0 Å². The van der Waals surface area contributed by atoms with Gasteiger partial charge in [0.15, 0.2) is 0 Å². The Kier molecular flexibility index (Phi) is 5.44. The molecule has 1 fully saturated rings. The first-order valence-corrected chi connectivity index (χ1v) is 12.1. The topological polar surface area (TPSA) is 69.7 Å². The van der Waals surface area contributed by atoms with E-state index in [0.29, 0.717) is 17.1 Å². The molecule has 2 aliphatic heterocycles. The number of carbonyl (C=O) groups is 3. The van der Waals surface area contributed by atoms with Crippen LogP contribution in [0.1, 0.15) is 22.3 Å². The fraction of sp³-hybridized carbons (Fsp3) is 0.222. The molecule has 1 atom stereocenters. The van der Waals surface area contributed by atoms with Crippen LogP contribution in [0.2, 0.25) is 0 Å². The molecule has 6 nitrogen and oxygen atoms in total. The molecule has 2 aliphatic rings. The van der Waals surface area contributed by atoms with Gasteiger partial charge < -0.3 is 5.32 Å². The summed E-state index contributed by atoms with van der Waals surface area (Å²) < 4.78 is 0. The lowest BCUT2D eigenvalue weighted by atomic mass is 10.0. The molecule has 1 spiro atoms. The van der Waals surface area contributed by atoms with Gasteiger partial charge in [-0.2, -0.15) is 0 Å². The Morgan fingerprint density at radius 1 is 0.941 bits per heavy atom. The average molecular weight is 472 g/mol. The molecule has 3 amide bonds. The second-order valence-electron chi connectivity index (χ2n) is 8.83. The molecule has 3 aromatic carbocycles. The van der Waals surface area contributed by atoms with Crippen LogP contribution in [0.5, 0.6) is 0 Å². The van der Waals surface area contributed by atoms with Gasteiger partial charge in [-0.25, -0.2) is 0 Å². The lowest BCUT2D eigenvalue weighted by molar-refractivity contribution is -0.124. The smallest absolute Gasteiger partial charge is 0.269 e. The van der Waals surface area contributed by atoms with Gasteiger partial charge in [-0.1, -0.05) is 42.0 Å². The van der Waals surface area contributed by atoms with Gasteiger partial charge in [-0.15, -0.1) is 11.8 Å². The van der Waals surface area contributed by atoms with Crippen molar-refractivity contribution in [1.29, 1.82) is 0 Å². The summed E-state index contributed by atoms with van der Waals surface area (Å²) >= 11 is 1.31. The van der Waals surface area contributed by atoms with Crippen molar-refractivity contribution in [1.82, 2.24) is 0 Å². The van der Waals surface area contributed by atoms with Crippen LogP contribution in [0.25, 0.3) is 0 Å². The summed E-state index contributed by atoms with van der Waals surface area (Å²) in [6.45, 7) is 5.79. The van der Waals surface area contributed by atoms with E-state index in [2.05, 4.69) is 5.32 Å². The Balaban J connectivity index is 1.50. The van der Waals surface area contributed by atoms with Crippen LogP contribution in [0.4, 0.5) is 17.1 Å². The maximum Gasteiger partial charge on any atom is 0.269 e. The number of fused-ring (bicyclic) bond motifs is 2. The van der Waals surface area contributed by atoms with E-state index in [0.717, 1.165) is 22.3 Å². The van der Waals surface area contributed by atoms with Crippen LogP contribution in [0, 0.1) is 20.8 Å². The van der Waals surface area contributed by atoms with Gasteiger partial charge in [-0.05, 0) is 62.2 Å². The highest BCUT2D eigenvalue weighted by atomic mass is 32.2. The zero-order chi connectivity index (χ0) is 24.0. The number of thioether (sulfide) groups is 1. The van der Waals surface area contributed by atoms with Crippen molar-refractivity contribution in [3.05, 3.63) is 89.0 Å². The number of anilines is 3. The van der Waals surface area contributed by atoms with Gasteiger partial charge >= 0.3 is 0 Å². The fourth-order valence-electron chi connectivity index (χ4n) is 4.80. The van der Waals surface area contributed by atoms with Crippen LogP contribution >= 0.6 is 11.8 Å². The summed E-state index contributed by atoms with van der Waals surface area (Å²) in [6.07, 6.45) is 0. The van der Waals surface area contributed by atoms with Crippen molar-refractivity contribution in [2.75, 3.05) is 27.4 Å². The van der Waals surface area contributed by atoms with Crippen LogP contribution in [0.15, 0.2) is 66.7 Å². The van der Waals surface area contributed by atoms with E-state index in [4.69, 9.17) is 0 Å². The highest BCUT2D eigenvalue weighted by Crippen LogP contribution is 2.55. The Morgan fingerprint density at radius 3 is 2.32 bits per heavy atom. The molecular formula is C27H25N3O3S. The Morgan fingerprint density at radius 2 is 1.62 bits per heavy atom. The van der Waals surface area contributed by atoms with Crippen molar-refractivity contribution in [3.63, 3.8) is 0 Å². The zero-order valence-electron chi connectivity index (χ0n) is 19.3. The van der Waals surface area contributed by atoms with Crippen molar-refractivity contribution >= 4 is 46.5 Å². The lowest BCUT2D eigenvalue weighted by Gasteiger charge is -2.33. The zero-order valence-corrected chi connectivity index (χ0v) is 20.1. The second-order valence-corrected chi connectivity index (χ2v) is 10.00. The molecule has 0 aliphatic carbocycles. The van der Waals surface area contributed by atoms with Crippen molar-refractivity contribution in [3.8, 4) is 0 Å². The first-order valence-electron chi connectivity index (χ1n) is 11.1. The Hall–Kier alpha value is -3.58. The van der Waals surface area contributed by atoms with E-state index in [1.54, 1.807) is 4.90 Å². The first kappa shape index (κ1) is 22.2. The highest BCUT2D eigenvalue weighted by Gasteiger charge is 2.61. The lowest BCUT2D eigenvalue weighted by Crippen LogP contribution is -2.50. The summed E-state index contributed by atoms with van der Waals surface area (Å²) in [5, 5.41) is 2.92. The van der Waals surface area contributed by atoms with E-state index in [-0.39, 0.29) is 30.0 Å².